The van der Waals surface area contributed by atoms with Crippen LogP contribution in [0.5, 0.6) is 0 Å². The second kappa shape index (κ2) is 7.47. The van der Waals surface area contributed by atoms with Crippen molar-refractivity contribution >= 4 is 29.3 Å². The van der Waals surface area contributed by atoms with E-state index in [1.807, 2.05) is 36.1 Å². The normalized spacial score (nSPS) is 16.4. The van der Waals surface area contributed by atoms with Gasteiger partial charge in [-0.3, -0.25) is 9.59 Å². The SMILES string of the molecule is CC(=O)Nc1ccc(SC(C)C(=O)N2CCOCC2)cc1. The third kappa shape index (κ3) is 4.75. The molecule has 2 rings (SSSR count). The van der Waals surface area contributed by atoms with Gasteiger partial charge in [0.25, 0.3) is 0 Å². The molecule has 1 heterocycles. The van der Waals surface area contributed by atoms with Crippen LogP contribution in [0.1, 0.15) is 13.8 Å². The number of anilines is 1. The van der Waals surface area contributed by atoms with E-state index in [-0.39, 0.29) is 17.1 Å². The fraction of sp³-hybridized carbons (Fsp3) is 0.467. The van der Waals surface area contributed by atoms with Crippen LogP contribution in [0.25, 0.3) is 0 Å². The Bertz CT molecular complexity index is 498. The monoisotopic (exact) mass is 308 g/mol. The maximum atomic E-state index is 12.3. The van der Waals surface area contributed by atoms with Crippen molar-refractivity contribution in [1.82, 2.24) is 4.90 Å². The summed E-state index contributed by atoms with van der Waals surface area (Å²) in [5, 5.41) is 2.59. The quantitative estimate of drug-likeness (QED) is 0.864. The lowest BCUT2D eigenvalue weighted by atomic mass is 10.3. The largest absolute Gasteiger partial charge is 0.378 e. The first-order chi connectivity index (χ1) is 10.1. The van der Waals surface area contributed by atoms with Crippen LogP contribution in [0.2, 0.25) is 0 Å². The zero-order valence-corrected chi connectivity index (χ0v) is 13.1. The fourth-order valence-corrected chi connectivity index (χ4v) is 3.07. The predicted octanol–water partition coefficient (Wildman–Crippen LogP) is 1.98. The second-order valence-electron chi connectivity index (χ2n) is 4.90. The first-order valence-corrected chi connectivity index (χ1v) is 7.85. The van der Waals surface area contributed by atoms with Gasteiger partial charge in [0.1, 0.15) is 0 Å². The number of benzene rings is 1. The fourth-order valence-electron chi connectivity index (χ4n) is 2.12. The van der Waals surface area contributed by atoms with Crippen molar-refractivity contribution in [1.29, 1.82) is 0 Å². The molecule has 1 saturated heterocycles. The Morgan fingerprint density at radius 2 is 1.86 bits per heavy atom. The Morgan fingerprint density at radius 3 is 2.43 bits per heavy atom. The van der Waals surface area contributed by atoms with Crippen molar-refractivity contribution in [3.05, 3.63) is 24.3 Å². The summed E-state index contributed by atoms with van der Waals surface area (Å²) in [6.07, 6.45) is 0. The predicted molar refractivity (Wildman–Crippen MR) is 83.5 cm³/mol. The molecule has 1 fully saturated rings. The smallest absolute Gasteiger partial charge is 0.235 e. The van der Waals surface area contributed by atoms with Gasteiger partial charge in [0.2, 0.25) is 11.8 Å². The molecule has 1 aromatic rings. The maximum absolute atomic E-state index is 12.3. The summed E-state index contributed by atoms with van der Waals surface area (Å²) in [6, 6.07) is 7.52. The molecule has 114 valence electrons. The van der Waals surface area contributed by atoms with Gasteiger partial charge < -0.3 is 15.0 Å². The van der Waals surface area contributed by atoms with Crippen LogP contribution in [0.3, 0.4) is 0 Å². The Kier molecular flexibility index (Phi) is 5.64. The van der Waals surface area contributed by atoms with Crippen LogP contribution in [-0.2, 0) is 14.3 Å². The molecule has 1 aliphatic rings. The highest BCUT2D eigenvalue weighted by Gasteiger charge is 2.23. The third-order valence-corrected chi connectivity index (χ3v) is 4.26. The standard InChI is InChI=1S/C15H20N2O3S/c1-11(15(19)17-7-9-20-10-8-17)21-14-5-3-13(4-6-14)16-12(2)18/h3-6,11H,7-10H2,1-2H3,(H,16,18). The van der Waals surface area contributed by atoms with Gasteiger partial charge in [-0.2, -0.15) is 0 Å². The minimum Gasteiger partial charge on any atom is -0.378 e. The van der Waals surface area contributed by atoms with Crippen molar-refractivity contribution in [3.8, 4) is 0 Å². The van der Waals surface area contributed by atoms with E-state index in [1.54, 1.807) is 0 Å². The number of hydrogen-bond donors (Lipinski definition) is 1. The van der Waals surface area contributed by atoms with E-state index in [2.05, 4.69) is 5.32 Å². The van der Waals surface area contributed by atoms with E-state index in [0.717, 1.165) is 10.6 Å². The molecule has 0 bridgehead atoms. The second-order valence-corrected chi connectivity index (χ2v) is 6.32. The molecule has 2 amide bonds. The van der Waals surface area contributed by atoms with E-state index in [1.165, 1.54) is 18.7 Å². The van der Waals surface area contributed by atoms with Crippen molar-refractivity contribution in [2.75, 3.05) is 31.6 Å². The lowest BCUT2D eigenvalue weighted by Crippen LogP contribution is -2.44. The highest BCUT2D eigenvalue weighted by atomic mass is 32.2. The molecule has 1 aromatic carbocycles. The lowest BCUT2D eigenvalue weighted by molar-refractivity contribution is -0.134. The zero-order chi connectivity index (χ0) is 15.2. The summed E-state index contributed by atoms with van der Waals surface area (Å²) in [5.41, 5.74) is 0.763. The molecule has 0 radical (unpaired) electrons. The number of ether oxygens (including phenoxy) is 1. The van der Waals surface area contributed by atoms with Gasteiger partial charge in [0.15, 0.2) is 0 Å². The Labute approximate surface area is 129 Å². The van der Waals surface area contributed by atoms with Gasteiger partial charge in [-0.25, -0.2) is 0 Å². The van der Waals surface area contributed by atoms with E-state index < -0.39 is 0 Å². The summed E-state index contributed by atoms with van der Waals surface area (Å²) in [4.78, 5) is 26.1. The molecular formula is C15H20N2O3S. The minimum atomic E-state index is -0.130. The van der Waals surface area contributed by atoms with Crippen molar-refractivity contribution in [2.45, 2.75) is 24.0 Å². The van der Waals surface area contributed by atoms with Gasteiger partial charge in [-0.05, 0) is 31.2 Å². The lowest BCUT2D eigenvalue weighted by Gasteiger charge is -2.29. The molecule has 0 saturated carbocycles. The molecule has 21 heavy (non-hydrogen) atoms. The summed E-state index contributed by atoms with van der Waals surface area (Å²) in [5.74, 6) is 0.0560. The molecule has 5 nitrogen and oxygen atoms in total. The molecule has 1 unspecified atom stereocenters. The Morgan fingerprint density at radius 1 is 1.24 bits per heavy atom. The number of thioether (sulfide) groups is 1. The molecule has 0 spiro atoms. The number of amides is 2. The van der Waals surface area contributed by atoms with Gasteiger partial charge in [0, 0.05) is 30.6 Å². The third-order valence-electron chi connectivity index (χ3n) is 3.16. The Hall–Kier alpha value is -1.53. The maximum Gasteiger partial charge on any atom is 0.235 e. The number of hydrogen-bond acceptors (Lipinski definition) is 4. The number of carbonyl (C=O) groups is 2. The van der Waals surface area contributed by atoms with Crippen LogP contribution < -0.4 is 5.32 Å². The number of nitrogens with zero attached hydrogens (tertiary/aromatic N) is 1. The molecule has 1 aliphatic heterocycles. The average Bonchev–Trinajstić information content (AvgIpc) is 2.49. The van der Waals surface area contributed by atoms with Gasteiger partial charge in [-0.1, -0.05) is 0 Å². The Balaban J connectivity index is 1.90. The summed E-state index contributed by atoms with van der Waals surface area (Å²) in [6.45, 7) is 5.98. The molecule has 1 N–H and O–H groups in total. The van der Waals surface area contributed by atoms with Crippen LogP contribution in [0.15, 0.2) is 29.2 Å². The minimum absolute atomic E-state index is 0.0914. The molecule has 0 aliphatic carbocycles. The zero-order valence-electron chi connectivity index (χ0n) is 12.3. The first kappa shape index (κ1) is 15.9. The summed E-state index contributed by atoms with van der Waals surface area (Å²) < 4.78 is 5.26. The van der Waals surface area contributed by atoms with E-state index >= 15 is 0 Å². The average molecular weight is 308 g/mol. The number of rotatable bonds is 4. The van der Waals surface area contributed by atoms with E-state index in [4.69, 9.17) is 4.74 Å². The highest BCUT2D eigenvalue weighted by Crippen LogP contribution is 2.26. The molecule has 0 aromatic heterocycles. The van der Waals surface area contributed by atoms with Gasteiger partial charge in [0.05, 0.1) is 18.5 Å². The topological polar surface area (TPSA) is 58.6 Å². The van der Waals surface area contributed by atoms with Crippen LogP contribution in [0.4, 0.5) is 5.69 Å². The van der Waals surface area contributed by atoms with Crippen molar-refractivity contribution < 1.29 is 14.3 Å². The van der Waals surface area contributed by atoms with Crippen LogP contribution in [-0.4, -0.2) is 48.3 Å². The van der Waals surface area contributed by atoms with Crippen molar-refractivity contribution in [2.24, 2.45) is 0 Å². The first-order valence-electron chi connectivity index (χ1n) is 6.97. The molecule has 1 atom stereocenters. The van der Waals surface area contributed by atoms with Crippen LogP contribution >= 0.6 is 11.8 Å². The van der Waals surface area contributed by atoms with E-state index in [0.29, 0.717) is 26.3 Å². The van der Waals surface area contributed by atoms with E-state index in [9.17, 15) is 9.59 Å². The molecule has 6 heteroatoms. The summed E-state index contributed by atoms with van der Waals surface area (Å²) >= 11 is 1.53. The summed E-state index contributed by atoms with van der Waals surface area (Å²) in [7, 11) is 0. The van der Waals surface area contributed by atoms with Crippen LogP contribution in [0, 0.1) is 0 Å². The number of nitrogens with one attached hydrogen (secondary N) is 1. The number of carbonyl (C=O) groups excluding carboxylic acids is 2. The number of morpholine rings is 1. The van der Waals surface area contributed by atoms with Gasteiger partial charge in [-0.15, -0.1) is 11.8 Å². The molecular weight excluding hydrogens is 288 g/mol. The van der Waals surface area contributed by atoms with Gasteiger partial charge >= 0.3 is 0 Å². The van der Waals surface area contributed by atoms with Crippen molar-refractivity contribution in [3.63, 3.8) is 0 Å². The highest BCUT2D eigenvalue weighted by molar-refractivity contribution is 8.00.